The summed E-state index contributed by atoms with van der Waals surface area (Å²) in [6.07, 6.45) is 5.95. The third-order valence-corrected chi connectivity index (χ3v) is 7.51. The van der Waals surface area contributed by atoms with Gasteiger partial charge in [-0.15, -0.1) is 0 Å². The molecule has 6 nitrogen and oxygen atoms in total. The Morgan fingerprint density at radius 3 is 2.69 bits per heavy atom. The van der Waals surface area contributed by atoms with Gasteiger partial charge >= 0.3 is 0 Å². The molecule has 2 aromatic heterocycles. The zero-order chi connectivity index (χ0) is 22.4. The van der Waals surface area contributed by atoms with E-state index in [0.717, 1.165) is 72.4 Å². The highest BCUT2D eigenvalue weighted by Gasteiger charge is 2.32. The van der Waals surface area contributed by atoms with E-state index in [-0.39, 0.29) is 0 Å². The smallest absolute Gasteiger partial charge is 0.163 e. The van der Waals surface area contributed by atoms with Gasteiger partial charge in [0.1, 0.15) is 5.69 Å². The van der Waals surface area contributed by atoms with E-state index in [2.05, 4.69) is 58.2 Å². The number of hydrogen-bond acceptors (Lipinski definition) is 4. The monoisotopic (exact) mass is 452 g/mol. The average molecular weight is 453 g/mol. The second kappa shape index (κ2) is 8.65. The van der Waals surface area contributed by atoms with Crippen molar-refractivity contribution in [2.24, 2.45) is 18.9 Å². The van der Waals surface area contributed by atoms with E-state index in [1.54, 1.807) is 0 Å². The molecule has 0 fully saturated rings. The maximum Gasteiger partial charge on any atom is 0.163 e. The van der Waals surface area contributed by atoms with Crippen LogP contribution >= 0.6 is 11.6 Å². The van der Waals surface area contributed by atoms with Gasteiger partial charge in [0.2, 0.25) is 0 Å². The fourth-order valence-electron chi connectivity index (χ4n) is 5.26. The Morgan fingerprint density at radius 1 is 1.09 bits per heavy atom. The zero-order valence-electron chi connectivity index (χ0n) is 19.5. The molecule has 0 bridgehead atoms. The van der Waals surface area contributed by atoms with Crippen LogP contribution < -0.4 is 0 Å². The number of halogens is 1. The normalized spacial score (nSPS) is 22.9. The SMILES string of the molecule is CC(C)N1CCC=CC(C2CN(C)Cc3c(Cl)c(-c4nc5ccccc5n4C)nn3C2)C1. The highest BCUT2D eigenvalue weighted by atomic mass is 35.5. The maximum atomic E-state index is 6.95. The van der Waals surface area contributed by atoms with Crippen LogP contribution in [0.25, 0.3) is 22.6 Å². The van der Waals surface area contributed by atoms with Crippen molar-refractivity contribution in [2.45, 2.75) is 39.4 Å². The first-order valence-electron chi connectivity index (χ1n) is 11.7. The molecule has 0 aliphatic carbocycles. The minimum Gasteiger partial charge on any atom is -0.326 e. The highest BCUT2D eigenvalue weighted by Crippen LogP contribution is 2.35. The zero-order valence-corrected chi connectivity index (χ0v) is 20.3. The molecule has 7 heteroatoms. The number of imidazole rings is 1. The Balaban J connectivity index is 1.50. The fourth-order valence-corrected chi connectivity index (χ4v) is 5.54. The lowest BCUT2D eigenvalue weighted by molar-refractivity contribution is 0.160. The van der Waals surface area contributed by atoms with Gasteiger partial charge in [-0.05, 0) is 51.3 Å². The van der Waals surface area contributed by atoms with E-state index in [9.17, 15) is 0 Å². The Kier molecular flexibility index (Phi) is 5.86. The summed E-state index contributed by atoms with van der Waals surface area (Å²) in [4.78, 5) is 9.86. The van der Waals surface area contributed by atoms with E-state index < -0.39 is 0 Å². The molecule has 32 heavy (non-hydrogen) atoms. The van der Waals surface area contributed by atoms with Gasteiger partial charge in [-0.25, -0.2) is 4.98 Å². The molecule has 2 unspecified atom stereocenters. The third kappa shape index (κ3) is 3.89. The third-order valence-electron chi connectivity index (χ3n) is 7.11. The molecule has 0 amide bonds. The van der Waals surface area contributed by atoms with Gasteiger partial charge in [-0.1, -0.05) is 35.9 Å². The molecular weight excluding hydrogens is 420 g/mol. The molecule has 0 spiro atoms. The number of aromatic nitrogens is 4. The standard InChI is InChI=1S/C25H33ClN6/c1-17(2)31-12-8-7-9-18(14-31)19-13-29(3)16-22-23(26)24(28-32(22)15-19)25-27-20-10-5-6-11-21(20)30(25)4/h5-7,9-11,17-19H,8,12-16H2,1-4H3. The van der Waals surface area contributed by atoms with Crippen LogP contribution in [-0.4, -0.2) is 61.9 Å². The Labute approximate surface area is 195 Å². The van der Waals surface area contributed by atoms with Crippen LogP contribution in [0.4, 0.5) is 0 Å². The summed E-state index contributed by atoms with van der Waals surface area (Å²) >= 11 is 6.95. The molecule has 1 aromatic carbocycles. The van der Waals surface area contributed by atoms with Gasteiger partial charge in [0.25, 0.3) is 0 Å². The minimum atomic E-state index is 0.487. The lowest BCUT2D eigenvalue weighted by atomic mass is 9.91. The number of nitrogens with zero attached hydrogens (tertiary/aromatic N) is 6. The molecule has 2 aliphatic rings. The van der Waals surface area contributed by atoms with Crippen molar-refractivity contribution in [3.05, 3.63) is 47.1 Å². The van der Waals surface area contributed by atoms with E-state index in [1.807, 2.05) is 25.2 Å². The van der Waals surface area contributed by atoms with Gasteiger partial charge in [-0.2, -0.15) is 5.10 Å². The van der Waals surface area contributed by atoms with Crippen LogP contribution in [0.5, 0.6) is 0 Å². The Hall–Kier alpha value is -2.15. The van der Waals surface area contributed by atoms with E-state index >= 15 is 0 Å². The lowest BCUT2D eigenvalue weighted by Gasteiger charge is -2.32. The molecule has 3 aromatic rings. The van der Waals surface area contributed by atoms with Gasteiger partial charge in [0.05, 0.1) is 21.7 Å². The average Bonchev–Trinajstić information content (AvgIpc) is 3.06. The number of rotatable bonds is 3. The summed E-state index contributed by atoms with van der Waals surface area (Å²) in [6, 6.07) is 8.75. The summed E-state index contributed by atoms with van der Waals surface area (Å²) in [6.45, 7) is 9.58. The minimum absolute atomic E-state index is 0.487. The number of benzene rings is 1. The topological polar surface area (TPSA) is 42.1 Å². The number of fused-ring (bicyclic) bond motifs is 2. The second-order valence-corrected chi connectivity index (χ2v) is 10.1. The maximum absolute atomic E-state index is 6.95. The summed E-state index contributed by atoms with van der Waals surface area (Å²) in [5, 5.41) is 5.76. The quantitative estimate of drug-likeness (QED) is 0.551. The molecule has 0 saturated heterocycles. The highest BCUT2D eigenvalue weighted by molar-refractivity contribution is 6.33. The van der Waals surface area contributed by atoms with Crippen molar-refractivity contribution in [1.82, 2.24) is 29.1 Å². The van der Waals surface area contributed by atoms with Gasteiger partial charge in [-0.3, -0.25) is 4.68 Å². The number of hydrogen-bond donors (Lipinski definition) is 0. The summed E-state index contributed by atoms with van der Waals surface area (Å²) in [5.41, 5.74) is 3.94. The molecule has 4 heterocycles. The molecular formula is C25H33ClN6. The van der Waals surface area contributed by atoms with Gasteiger partial charge < -0.3 is 14.4 Å². The molecule has 0 N–H and O–H groups in total. The van der Waals surface area contributed by atoms with Crippen molar-refractivity contribution in [3.8, 4) is 11.5 Å². The van der Waals surface area contributed by atoms with Crippen molar-refractivity contribution in [1.29, 1.82) is 0 Å². The van der Waals surface area contributed by atoms with Crippen LogP contribution in [0.1, 0.15) is 26.0 Å². The summed E-state index contributed by atoms with van der Waals surface area (Å²) in [5.74, 6) is 1.83. The Morgan fingerprint density at radius 2 is 1.91 bits per heavy atom. The van der Waals surface area contributed by atoms with Crippen molar-refractivity contribution in [2.75, 3.05) is 26.7 Å². The van der Waals surface area contributed by atoms with Crippen LogP contribution in [0.3, 0.4) is 0 Å². The molecule has 5 rings (SSSR count). The lowest BCUT2D eigenvalue weighted by Crippen LogP contribution is -2.39. The summed E-state index contributed by atoms with van der Waals surface area (Å²) in [7, 11) is 4.23. The van der Waals surface area contributed by atoms with Crippen LogP contribution in [-0.2, 0) is 20.1 Å². The van der Waals surface area contributed by atoms with Crippen LogP contribution in [0.2, 0.25) is 5.02 Å². The van der Waals surface area contributed by atoms with Crippen LogP contribution in [0.15, 0.2) is 36.4 Å². The molecule has 170 valence electrons. The van der Waals surface area contributed by atoms with Crippen LogP contribution in [0, 0.1) is 11.8 Å². The van der Waals surface area contributed by atoms with Crippen molar-refractivity contribution in [3.63, 3.8) is 0 Å². The number of para-hydroxylation sites is 2. The molecule has 2 aliphatic heterocycles. The van der Waals surface area contributed by atoms with Crippen molar-refractivity contribution >= 4 is 22.6 Å². The second-order valence-electron chi connectivity index (χ2n) is 9.70. The predicted molar refractivity (Wildman–Crippen MR) is 131 cm³/mol. The van der Waals surface area contributed by atoms with E-state index in [0.29, 0.717) is 17.9 Å². The summed E-state index contributed by atoms with van der Waals surface area (Å²) < 4.78 is 4.25. The first kappa shape index (κ1) is 21.7. The number of aryl methyl sites for hydroxylation is 1. The van der Waals surface area contributed by atoms with Gasteiger partial charge in [0, 0.05) is 45.8 Å². The van der Waals surface area contributed by atoms with E-state index in [4.69, 9.17) is 21.7 Å². The van der Waals surface area contributed by atoms with Gasteiger partial charge in [0.15, 0.2) is 5.82 Å². The molecule has 0 saturated carbocycles. The Bertz CT molecular complexity index is 1140. The first-order chi connectivity index (χ1) is 15.4. The molecule has 2 atom stereocenters. The van der Waals surface area contributed by atoms with E-state index in [1.165, 1.54) is 0 Å². The first-order valence-corrected chi connectivity index (χ1v) is 12.1. The predicted octanol–water partition coefficient (Wildman–Crippen LogP) is 4.44. The largest absolute Gasteiger partial charge is 0.326 e. The van der Waals surface area contributed by atoms with Crippen molar-refractivity contribution < 1.29 is 0 Å². The molecule has 0 radical (unpaired) electrons. The fraction of sp³-hybridized carbons (Fsp3) is 0.520.